The standard InChI is InChI=1S/C13H19N3O2/c1-10(15-7-3-6-13(15)9-14)11-4-2-5-12(8-11)16(17)18/h2,4-5,8,10,13H,3,6-7,9,14H2,1H3. The van der Waals surface area contributed by atoms with Crippen LogP contribution in [0.5, 0.6) is 0 Å². The molecule has 1 aliphatic rings. The molecule has 1 aromatic rings. The van der Waals surface area contributed by atoms with Crippen LogP contribution < -0.4 is 5.73 Å². The van der Waals surface area contributed by atoms with E-state index in [1.54, 1.807) is 12.1 Å². The molecule has 0 radical (unpaired) electrons. The summed E-state index contributed by atoms with van der Waals surface area (Å²) in [5, 5.41) is 10.8. The van der Waals surface area contributed by atoms with E-state index in [2.05, 4.69) is 11.8 Å². The Morgan fingerprint density at radius 3 is 3.06 bits per heavy atom. The molecule has 2 atom stereocenters. The summed E-state index contributed by atoms with van der Waals surface area (Å²) in [6.45, 7) is 3.76. The quantitative estimate of drug-likeness (QED) is 0.655. The van der Waals surface area contributed by atoms with Crippen molar-refractivity contribution in [2.75, 3.05) is 13.1 Å². The van der Waals surface area contributed by atoms with E-state index in [0.29, 0.717) is 12.6 Å². The van der Waals surface area contributed by atoms with Crippen molar-refractivity contribution in [2.45, 2.75) is 31.8 Å². The molecule has 5 heteroatoms. The van der Waals surface area contributed by atoms with Gasteiger partial charge in [0.25, 0.3) is 5.69 Å². The lowest BCUT2D eigenvalue weighted by atomic mass is 10.1. The Bertz CT molecular complexity index is 436. The highest BCUT2D eigenvalue weighted by Crippen LogP contribution is 2.30. The molecule has 1 heterocycles. The third-order valence-corrected chi connectivity index (χ3v) is 3.76. The lowest BCUT2D eigenvalue weighted by molar-refractivity contribution is -0.385. The molecule has 2 unspecified atom stereocenters. The second-order valence-corrected chi connectivity index (χ2v) is 4.80. The first-order valence-corrected chi connectivity index (χ1v) is 6.33. The first-order valence-electron chi connectivity index (χ1n) is 6.33. The van der Waals surface area contributed by atoms with Gasteiger partial charge in [0.05, 0.1) is 4.92 Å². The molecule has 5 nitrogen and oxygen atoms in total. The van der Waals surface area contributed by atoms with E-state index in [4.69, 9.17) is 5.73 Å². The number of nitro groups is 1. The van der Waals surface area contributed by atoms with Crippen LogP contribution in [0.2, 0.25) is 0 Å². The van der Waals surface area contributed by atoms with Gasteiger partial charge < -0.3 is 5.73 Å². The summed E-state index contributed by atoms with van der Waals surface area (Å²) in [6, 6.07) is 7.47. The molecule has 18 heavy (non-hydrogen) atoms. The predicted molar refractivity (Wildman–Crippen MR) is 70.3 cm³/mol. The number of nitrogens with two attached hydrogens (primary N) is 1. The minimum Gasteiger partial charge on any atom is -0.329 e. The lowest BCUT2D eigenvalue weighted by Gasteiger charge is -2.30. The molecule has 2 rings (SSSR count). The third-order valence-electron chi connectivity index (χ3n) is 3.76. The smallest absolute Gasteiger partial charge is 0.269 e. The molecule has 0 aromatic heterocycles. The van der Waals surface area contributed by atoms with Crippen molar-refractivity contribution < 1.29 is 4.92 Å². The molecular formula is C13H19N3O2. The van der Waals surface area contributed by atoms with Crippen molar-refractivity contribution in [2.24, 2.45) is 5.73 Å². The van der Waals surface area contributed by atoms with E-state index in [1.165, 1.54) is 6.07 Å². The SMILES string of the molecule is CC(c1cccc([N+](=O)[O-])c1)N1CCCC1CN. The largest absolute Gasteiger partial charge is 0.329 e. The number of benzene rings is 1. The highest BCUT2D eigenvalue weighted by molar-refractivity contribution is 5.35. The van der Waals surface area contributed by atoms with E-state index in [9.17, 15) is 10.1 Å². The first kappa shape index (κ1) is 13.0. The molecule has 2 N–H and O–H groups in total. The van der Waals surface area contributed by atoms with Gasteiger partial charge in [-0.1, -0.05) is 12.1 Å². The topological polar surface area (TPSA) is 72.4 Å². The van der Waals surface area contributed by atoms with Crippen molar-refractivity contribution in [3.8, 4) is 0 Å². The van der Waals surface area contributed by atoms with Crippen LogP contribution >= 0.6 is 0 Å². The third kappa shape index (κ3) is 2.52. The Balaban J connectivity index is 2.20. The summed E-state index contributed by atoms with van der Waals surface area (Å²) < 4.78 is 0. The monoisotopic (exact) mass is 249 g/mol. The van der Waals surface area contributed by atoms with E-state index in [-0.39, 0.29) is 16.7 Å². The molecule has 1 aromatic carbocycles. The minimum atomic E-state index is -0.347. The normalized spacial score (nSPS) is 22.0. The van der Waals surface area contributed by atoms with Gasteiger partial charge >= 0.3 is 0 Å². The van der Waals surface area contributed by atoms with Crippen LogP contribution in [-0.2, 0) is 0 Å². The maximum absolute atomic E-state index is 10.8. The van der Waals surface area contributed by atoms with Crippen LogP contribution in [-0.4, -0.2) is 29.0 Å². The summed E-state index contributed by atoms with van der Waals surface area (Å²) in [6.07, 6.45) is 2.27. The van der Waals surface area contributed by atoms with Crippen molar-refractivity contribution >= 4 is 5.69 Å². The maximum Gasteiger partial charge on any atom is 0.269 e. The van der Waals surface area contributed by atoms with Crippen molar-refractivity contribution in [3.63, 3.8) is 0 Å². The number of hydrogen-bond donors (Lipinski definition) is 1. The van der Waals surface area contributed by atoms with E-state index in [0.717, 1.165) is 24.9 Å². The fourth-order valence-electron chi connectivity index (χ4n) is 2.71. The second kappa shape index (κ2) is 5.46. The van der Waals surface area contributed by atoms with Gasteiger partial charge in [-0.25, -0.2) is 0 Å². The summed E-state index contributed by atoms with van der Waals surface area (Å²) in [5.41, 5.74) is 6.91. The number of non-ortho nitro benzene ring substituents is 1. The molecule has 0 saturated carbocycles. The highest BCUT2D eigenvalue weighted by Gasteiger charge is 2.28. The maximum atomic E-state index is 10.8. The second-order valence-electron chi connectivity index (χ2n) is 4.80. The number of nitro benzene ring substituents is 1. The van der Waals surface area contributed by atoms with Gasteiger partial charge in [-0.3, -0.25) is 15.0 Å². The Labute approximate surface area is 107 Å². The number of nitrogens with zero attached hydrogens (tertiary/aromatic N) is 2. The Morgan fingerprint density at radius 1 is 1.61 bits per heavy atom. The Morgan fingerprint density at radius 2 is 2.39 bits per heavy atom. The molecule has 98 valence electrons. The molecule has 1 fully saturated rings. The number of rotatable bonds is 4. The Kier molecular flexibility index (Phi) is 3.93. The molecule has 0 spiro atoms. The predicted octanol–water partition coefficient (Wildman–Crippen LogP) is 2.08. The minimum absolute atomic E-state index is 0.155. The molecule has 1 aliphatic heterocycles. The summed E-state index contributed by atoms with van der Waals surface area (Å²) in [7, 11) is 0. The van der Waals surface area contributed by atoms with E-state index < -0.39 is 0 Å². The van der Waals surface area contributed by atoms with Crippen LogP contribution in [0, 0.1) is 10.1 Å². The summed E-state index contributed by atoms with van der Waals surface area (Å²) in [4.78, 5) is 12.8. The van der Waals surface area contributed by atoms with E-state index >= 15 is 0 Å². The lowest BCUT2D eigenvalue weighted by Crippen LogP contribution is -2.37. The van der Waals surface area contributed by atoms with Gasteiger partial charge in [-0.15, -0.1) is 0 Å². The number of likely N-dealkylation sites (tertiary alicyclic amines) is 1. The van der Waals surface area contributed by atoms with Gasteiger partial charge in [0, 0.05) is 30.8 Å². The van der Waals surface area contributed by atoms with Crippen molar-refractivity contribution in [3.05, 3.63) is 39.9 Å². The zero-order valence-corrected chi connectivity index (χ0v) is 10.6. The average Bonchev–Trinajstić information content (AvgIpc) is 2.86. The van der Waals surface area contributed by atoms with Gasteiger partial charge in [0.2, 0.25) is 0 Å². The van der Waals surface area contributed by atoms with E-state index in [1.807, 2.05) is 6.07 Å². The van der Waals surface area contributed by atoms with Crippen LogP contribution in [0.25, 0.3) is 0 Å². The molecule has 0 aliphatic carbocycles. The van der Waals surface area contributed by atoms with Gasteiger partial charge in [-0.2, -0.15) is 0 Å². The summed E-state index contributed by atoms with van der Waals surface area (Å²) >= 11 is 0. The molecule has 0 bridgehead atoms. The Hall–Kier alpha value is -1.46. The first-order chi connectivity index (χ1) is 8.63. The fourth-order valence-corrected chi connectivity index (χ4v) is 2.71. The van der Waals surface area contributed by atoms with Gasteiger partial charge in [0.1, 0.15) is 0 Å². The van der Waals surface area contributed by atoms with Gasteiger partial charge in [0.15, 0.2) is 0 Å². The summed E-state index contributed by atoms with van der Waals surface area (Å²) in [5.74, 6) is 0. The molecule has 0 amide bonds. The van der Waals surface area contributed by atoms with Crippen LogP contribution in [0.3, 0.4) is 0 Å². The van der Waals surface area contributed by atoms with Gasteiger partial charge in [-0.05, 0) is 31.9 Å². The zero-order chi connectivity index (χ0) is 13.1. The highest BCUT2D eigenvalue weighted by atomic mass is 16.6. The number of hydrogen-bond acceptors (Lipinski definition) is 4. The average molecular weight is 249 g/mol. The van der Waals surface area contributed by atoms with Crippen LogP contribution in [0.4, 0.5) is 5.69 Å². The van der Waals surface area contributed by atoms with Crippen LogP contribution in [0.1, 0.15) is 31.4 Å². The van der Waals surface area contributed by atoms with Crippen LogP contribution in [0.15, 0.2) is 24.3 Å². The molecule has 1 saturated heterocycles. The van der Waals surface area contributed by atoms with Crippen molar-refractivity contribution in [1.29, 1.82) is 0 Å². The van der Waals surface area contributed by atoms with Crippen molar-refractivity contribution in [1.82, 2.24) is 4.90 Å². The molecular weight excluding hydrogens is 230 g/mol. The fraction of sp³-hybridized carbons (Fsp3) is 0.538. The zero-order valence-electron chi connectivity index (χ0n) is 10.6.